The first-order chi connectivity index (χ1) is 12.1. The predicted molar refractivity (Wildman–Crippen MR) is 96.9 cm³/mol. The molecule has 26 heavy (non-hydrogen) atoms. The van der Waals surface area contributed by atoms with Crippen LogP contribution < -0.4 is 0 Å². The summed E-state index contributed by atoms with van der Waals surface area (Å²) in [4.78, 5) is 0.0738. The second-order valence-electron chi connectivity index (χ2n) is 6.18. The van der Waals surface area contributed by atoms with Crippen LogP contribution in [0.3, 0.4) is 0 Å². The van der Waals surface area contributed by atoms with Crippen LogP contribution >= 0.6 is 11.6 Å². The van der Waals surface area contributed by atoms with E-state index in [2.05, 4.69) is 0 Å². The molecule has 0 saturated carbocycles. The fraction of sp³-hybridized carbons (Fsp3) is 0.294. The molecule has 1 unspecified atom stereocenters. The van der Waals surface area contributed by atoms with Crippen LogP contribution in [-0.2, 0) is 19.9 Å². The molecule has 2 aromatic carbocycles. The Morgan fingerprint density at radius 3 is 2.27 bits per heavy atom. The van der Waals surface area contributed by atoms with Gasteiger partial charge in [-0.1, -0.05) is 11.6 Å². The van der Waals surface area contributed by atoms with Crippen molar-refractivity contribution in [3.63, 3.8) is 0 Å². The molecule has 0 amide bonds. The number of sulfone groups is 1. The van der Waals surface area contributed by atoms with Crippen molar-refractivity contribution in [3.8, 4) is 0 Å². The van der Waals surface area contributed by atoms with Gasteiger partial charge < -0.3 is 0 Å². The normalized spacial score (nSPS) is 19.0. The van der Waals surface area contributed by atoms with Gasteiger partial charge in [-0.3, -0.25) is 0 Å². The van der Waals surface area contributed by atoms with E-state index in [1.54, 1.807) is 0 Å². The highest BCUT2D eigenvalue weighted by Crippen LogP contribution is 2.29. The van der Waals surface area contributed by atoms with E-state index in [4.69, 9.17) is 11.6 Å². The van der Waals surface area contributed by atoms with Crippen LogP contribution in [0.2, 0.25) is 5.02 Å². The number of benzene rings is 2. The molecule has 0 aliphatic carbocycles. The highest BCUT2D eigenvalue weighted by molar-refractivity contribution is 7.92. The van der Waals surface area contributed by atoms with Gasteiger partial charge in [0.2, 0.25) is 10.0 Å². The summed E-state index contributed by atoms with van der Waals surface area (Å²) < 4.78 is 65.5. The van der Waals surface area contributed by atoms with Gasteiger partial charge >= 0.3 is 0 Å². The van der Waals surface area contributed by atoms with Gasteiger partial charge in [-0.2, -0.15) is 4.31 Å². The predicted octanol–water partition coefficient (Wildman–Crippen LogP) is 3.02. The standard InChI is InChI=1S/C17H17ClFNO4S2/c1-12-10-15(6-7-17(12)19)26(23,24)20-9-8-16(11-20)25(21,22)14-4-2-13(18)3-5-14/h2-7,10,16H,8-9,11H2,1H3. The molecule has 0 aromatic heterocycles. The van der Waals surface area contributed by atoms with Crippen LogP contribution in [0.15, 0.2) is 52.3 Å². The summed E-state index contributed by atoms with van der Waals surface area (Å²) in [5, 5.41) is -0.411. The lowest BCUT2D eigenvalue weighted by Gasteiger charge is -2.17. The molecule has 1 fully saturated rings. The number of halogens is 2. The van der Waals surface area contributed by atoms with Crippen LogP contribution in [0.1, 0.15) is 12.0 Å². The quantitative estimate of drug-likeness (QED) is 0.766. The van der Waals surface area contributed by atoms with Gasteiger partial charge in [-0.15, -0.1) is 0 Å². The zero-order chi connectivity index (χ0) is 19.1. The third-order valence-electron chi connectivity index (χ3n) is 4.46. The molecule has 0 radical (unpaired) electrons. The molecule has 0 spiro atoms. The molecule has 3 rings (SSSR count). The maximum Gasteiger partial charge on any atom is 0.243 e. The summed E-state index contributed by atoms with van der Waals surface area (Å²) in [6.45, 7) is 1.44. The molecule has 0 N–H and O–H groups in total. The number of aryl methyl sites for hydroxylation is 1. The SMILES string of the molecule is Cc1cc(S(=O)(=O)N2CCC(S(=O)(=O)c3ccc(Cl)cc3)C2)ccc1F. The zero-order valence-electron chi connectivity index (χ0n) is 13.9. The summed E-state index contributed by atoms with van der Waals surface area (Å²) in [5.41, 5.74) is 0.218. The number of hydrogen-bond acceptors (Lipinski definition) is 4. The number of sulfonamides is 1. The van der Waals surface area contributed by atoms with Crippen molar-refractivity contribution in [2.75, 3.05) is 13.1 Å². The lowest BCUT2D eigenvalue weighted by atomic mass is 10.2. The van der Waals surface area contributed by atoms with Crippen LogP contribution in [-0.4, -0.2) is 39.5 Å². The van der Waals surface area contributed by atoms with Crippen molar-refractivity contribution in [2.45, 2.75) is 28.4 Å². The molecule has 1 aliphatic rings. The molecular formula is C17H17ClFNO4S2. The molecule has 9 heteroatoms. The van der Waals surface area contributed by atoms with Crippen molar-refractivity contribution in [1.82, 2.24) is 4.31 Å². The number of hydrogen-bond donors (Lipinski definition) is 0. The van der Waals surface area contributed by atoms with Crippen molar-refractivity contribution in [3.05, 3.63) is 58.9 Å². The van der Waals surface area contributed by atoms with Crippen molar-refractivity contribution >= 4 is 31.5 Å². The van der Waals surface area contributed by atoms with Crippen molar-refractivity contribution < 1.29 is 21.2 Å². The second-order valence-corrected chi connectivity index (χ2v) is 10.8. The Morgan fingerprint density at radius 2 is 1.65 bits per heavy atom. The summed E-state index contributed by atoms with van der Waals surface area (Å²) in [6, 6.07) is 9.35. The van der Waals surface area contributed by atoms with Gasteiger partial charge in [0, 0.05) is 18.1 Å². The summed E-state index contributed by atoms with van der Waals surface area (Å²) in [5.74, 6) is -0.492. The van der Waals surface area contributed by atoms with E-state index in [9.17, 15) is 21.2 Å². The molecule has 1 heterocycles. The molecular weight excluding hydrogens is 401 g/mol. The minimum absolute atomic E-state index is 0.0408. The molecule has 1 saturated heterocycles. The van der Waals surface area contributed by atoms with Gasteiger partial charge in [0.05, 0.1) is 15.0 Å². The maximum absolute atomic E-state index is 13.4. The van der Waals surface area contributed by atoms with Crippen LogP contribution in [0.5, 0.6) is 0 Å². The fourth-order valence-corrected chi connectivity index (χ4v) is 6.41. The second kappa shape index (κ2) is 6.92. The maximum atomic E-state index is 13.4. The highest BCUT2D eigenvalue weighted by atomic mass is 35.5. The summed E-state index contributed by atoms with van der Waals surface area (Å²) >= 11 is 5.79. The van der Waals surface area contributed by atoms with E-state index in [1.807, 2.05) is 0 Å². The molecule has 1 aliphatic heterocycles. The lowest BCUT2D eigenvalue weighted by Crippen LogP contribution is -2.32. The summed E-state index contributed by atoms with van der Waals surface area (Å²) in [7, 11) is -7.55. The van der Waals surface area contributed by atoms with E-state index >= 15 is 0 Å². The van der Waals surface area contributed by atoms with Crippen LogP contribution in [0, 0.1) is 12.7 Å². The first-order valence-corrected chi connectivity index (χ1v) is 11.2. The highest BCUT2D eigenvalue weighted by Gasteiger charge is 2.39. The Balaban J connectivity index is 1.85. The third kappa shape index (κ3) is 3.51. The Bertz CT molecular complexity index is 1040. The van der Waals surface area contributed by atoms with Crippen LogP contribution in [0.4, 0.5) is 4.39 Å². The Morgan fingerprint density at radius 1 is 1.04 bits per heavy atom. The Kier molecular flexibility index (Phi) is 5.13. The molecule has 5 nitrogen and oxygen atoms in total. The van der Waals surface area contributed by atoms with Crippen LogP contribution in [0.25, 0.3) is 0 Å². The van der Waals surface area contributed by atoms with Gasteiger partial charge in [-0.05, 0) is 61.4 Å². The molecule has 140 valence electrons. The molecule has 2 aromatic rings. The molecule has 0 bridgehead atoms. The van der Waals surface area contributed by atoms with Gasteiger partial charge in [0.15, 0.2) is 9.84 Å². The first-order valence-electron chi connectivity index (χ1n) is 7.88. The number of rotatable bonds is 4. The van der Waals surface area contributed by atoms with Gasteiger partial charge in [0.1, 0.15) is 5.82 Å². The average Bonchev–Trinajstić information content (AvgIpc) is 3.09. The number of nitrogens with zero attached hydrogens (tertiary/aromatic N) is 1. The molecule has 1 atom stereocenters. The zero-order valence-corrected chi connectivity index (χ0v) is 16.3. The Labute approximate surface area is 157 Å². The van der Waals surface area contributed by atoms with Gasteiger partial charge in [-0.25, -0.2) is 21.2 Å². The smallest absolute Gasteiger partial charge is 0.223 e. The summed E-state index contributed by atoms with van der Waals surface area (Å²) in [6.07, 6.45) is 0.199. The minimum atomic E-state index is -3.88. The van der Waals surface area contributed by atoms with Crippen molar-refractivity contribution in [2.24, 2.45) is 0 Å². The van der Waals surface area contributed by atoms with E-state index in [-0.39, 0.29) is 34.9 Å². The van der Waals surface area contributed by atoms with Crippen molar-refractivity contribution in [1.29, 1.82) is 0 Å². The third-order valence-corrected chi connectivity index (χ3v) is 8.76. The largest absolute Gasteiger partial charge is 0.243 e. The van der Waals surface area contributed by atoms with E-state index in [1.165, 1.54) is 43.3 Å². The Hall–Kier alpha value is -1.48. The van der Waals surface area contributed by atoms with E-state index < -0.39 is 30.9 Å². The topological polar surface area (TPSA) is 71.5 Å². The average molecular weight is 418 g/mol. The lowest BCUT2D eigenvalue weighted by molar-refractivity contribution is 0.476. The minimum Gasteiger partial charge on any atom is -0.223 e. The first kappa shape index (κ1) is 19.3. The monoisotopic (exact) mass is 417 g/mol. The van der Waals surface area contributed by atoms with E-state index in [0.29, 0.717) is 5.02 Å². The fourth-order valence-electron chi connectivity index (χ4n) is 2.91. The van der Waals surface area contributed by atoms with Gasteiger partial charge in [0.25, 0.3) is 0 Å². The van der Waals surface area contributed by atoms with E-state index in [0.717, 1.165) is 10.4 Å².